The third-order valence-corrected chi connectivity index (χ3v) is 3.21. The van der Waals surface area contributed by atoms with Crippen molar-refractivity contribution in [3.05, 3.63) is 0 Å². The lowest BCUT2D eigenvalue weighted by molar-refractivity contribution is -0.126. The first-order chi connectivity index (χ1) is 7.90. The van der Waals surface area contributed by atoms with Crippen molar-refractivity contribution in [3.63, 3.8) is 0 Å². The van der Waals surface area contributed by atoms with Gasteiger partial charge in [-0.25, -0.2) is 0 Å². The van der Waals surface area contributed by atoms with Gasteiger partial charge in [0, 0.05) is 26.9 Å². The molecule has 5 nitrogen and oxygen atoms in total. The van der Waals surface area contributed by atoms with Gasteiger partial charge in [-0.05, 0) is 18.3 Å². The van der Waals surface area contributed by atoms with Crippen molar-refractivity contribution in [1.82, 2.24) is 5.32 Å². The average molecular weight is 244 g/mol. The number of ether oxygens (including phenoxy) is 2. The third-order valence-electron chi connectivity index (χ3n) is 3.21. The van der Waals surface area contributed by atoms with Gasteiger partial charge in [0.15, 0.2) is 0 Å². The Morgan fingerprint density at radius 3 is 2.82 bits per heavy atom. The maximum atomic E-state index is 11.9. The van der Waals surface area contributed by atoms with Crippen LogP contribution in [0.15, 0.2) is 0 Å². The molecule has 0 saturated carbocycles. The van der Waals surface area contributed by atoms with Crippen molar-refractivity contribution < 1.29 is 14.3 Å². The topological polar surface area (TPSA) is 73.6 Å². The quantitative estimate of drug-likeness (QED) is 0.704. The van der Waals surface area contributed by atoms with E-state index in [1.165, 1.54) is 0 Å². The van der Waals surface area contributed by atoms with Crippen LogP contribution in [-0.2, 0) is 14.3 Å². The number of carbonyl (C=O) groups excluding carboxylic acids is 1. The van der Waals surface area contributed by atoms with Crippen LogP contribution in [0.1, 0.15) is 26.7 Å². The molecular weight excluding hydrogens is 220 g/mol. The van der Waals surface area contributed by atoms with E-state index in [1.807, 2.05) is 0 Å². The van der Waals surface area contributed by atoms with Crippen LogP contribution in [0, 0.1) is 5.41 Å². The summed E-state index contributed by atoms with van der Waals surface area (Å²) < 4.78 is 10.2. The number of nitrogens with one attached hydrogen (secondary N) is 1. The molecule has 1 aliphatic rings. The first-order valence-electron chi connectivity index (χ1n) is 6.03. The minimum absolute atomic E-state index is 0.0154. The number of hydrogen-bond donors (Lipinski definition) is 2. The Morgan fingerprint density at radius 2 is 2.29 bits per heavy atom. The summed E-state index contributed by atoms with van der Waals surface area (Å²) in [6.07, 6.45) is 1.50. The van der Waals surface area contributed by atoms with Crippen molar-refractivity contribution in [2.24, 2.45) is 11.1 Å². The number of rotatable bonds is 6. The molecule has 1 atom stereocenters. The molecule has 17 heavy (non-hydrogen) atoms. The normalized spacial score (nSPS) is 24.9. The Morgan fingerprint density at radius 1 is 1.59 bits per heavy atom. The number of hydrogen-bond acceptors (Lipinski definition) is 4. The molecule has 1 rings (SSSR count). The Bertz CT molecular complexity index is 260. The van der Waals surface area contributed by atoms with Gasteiger partial charge in [0.05, 0.1) is 6.61 Å². The zero-order valence-corrected chi connectivity index (χ0v) is 11.0. The summed E-state index contributed by atoms with van der Waals surface area (Å²) in [6.45, 7) is 6.38. The van der Waals surface area contributed by atoms with Crippen LogP contribution in [0.25, 0.3) is 0 Å². The first kappa shape index (κ1) is 14.4. The van der Waals surface area contributed by atoms with Gasteiger partial charge < -0.3 is 20.5 Å². The fourth-order valence-corrected chi connectivity index (χ4v) is 1.72. The Balaban J connectivity index is 2.36. The fourth-order valence-electron chi connectivity index (χ4n) is 1.72. The summed E-state index contributed by atoms with van der Waals surface area (Å²) in [5.41, 5.74) is 5.15. The highest BCUT2D eigenvalue weighted by atomic mass is 16.5. The van der Waals surface area contributed by atoms with Gasteiger partial charge >= 0.3 is 0 Å². The highest BCUT2D eigenvalue weighted by molar-refractivity contribution is 5.86. The second kappa shape index (κ2) is 5.80. The zero-order valence-electron chi connectivity index (χ0n) is 11.0. The molecule has 1 saturated heterocycles. The van der Waals surface area contributed by atoms with Crippen LogP contribution in [-0.4, -0.2) is 44.9 Å². The van der Waals surface area contributed by atoms with Crippen LogP contribution >= 0.6 is 0 Å². The summed E-state index contributed by atoms with van der Waals surface area (Å²) in [7, 11) is 1.68. The lowest BCUT2D eigenvalue weighted by Gasteiger charge is -2.27. The lowest BCUT2D eigenvalue weighted by Crippen LogP contribution is -2.55. The van der Waals surface area contributed by atoms with E-state index in [0.29, 0.717) is 32.8 Å². The van der Waals surface area contributed by atoms with Gasteiger partial charge in [-0.2, -0.15) is 0 Å². The summed E-state index contributed by atoms with van der Waals surface area (Å²) in [6, 6.07) is 0. The molecule has 100 valence electrons. The van der Waals surface area contributed by atoms with E-state index >= 15 is 0 Å². The molecule has 1 fully saturated rings. The van der Waals surface area contributed by atoms with Crippen molar-refractivity contribution in [2.45, 2.75) is 32.2 Å². The molecule has 1 heterocycles. The van der Waals surface area contributed by atoms with Gasteiger partial charge in [0.25, 0.3) is 0 Å². The number of nitrogens with two attached hydrogens (primary N) is 1. The van der Waals surface area contributed by atoms with Crippen molar-refractivity contribution in [3.8, 4) is 0 Å². The minimum Gasteiger partial charge on any atom is -0.385 e. The van der Waals surface area contributed by atoms with Gasteiger partial charge in [0.2, 0.25) is 5.91 Å². The number of methoxy groups -OCH3 is 1. The van der Waals surface area contributed by atoms with E-state index in [9.17, 15) is 4.79 Å². The minimum atomic E-state index is -0.836. The van der Waals surface area contributed by atoms with Gasteiger partial charge in [-0.3, -0.25) is 4.79 Å². The van der Waals surface area contributed by atoms with Crippen molar-refractivity contribution in [1.29, 1.82) is 0 Å². The fraction of sp³-hybridized carbons (Fsp3) is 0.917. The van der Waals surface area contributed by atoms with Crippen molar-refractivity contribution >= 4 is 5.91 Å². The monoisotopic (exact) mass is 244 g/mol. The van der Waals surface area contributed by atoms with Crippen LogP contribution < -0.4 is 11.1 Å². The van der Waals surface area contributed by atoms with Gasteiger partial charge in [0.1, 0.15) is 5.54 Å². The standard InChI is InChI=1S/C12H24N2O3/c1-11(2,4-6-16-3)8-14-10(15)12(13)5-7-17-9-12/h4-9,13H2,1-3H3,(H,14,15). The molecule has 1 aliphatic heterocycles. The van der Waals surface area contributed by atoms with Crippen LogP contribution in [0.3, 0.4) is 0 Å². The maximum Gasteiger partial charge on any atom is 0.242 e. The van der Waals surface area contributed by atoms with Gasteiger partial charge in [-0.15, -0.1) is 0 Å². The number of amides is 1. The summed E-state index contributed by atoms with van der Waals surface area (Å²) in [5.74, 6) is -0.111. The molecule has 1 amide bonds. The molecule has 0 aliphatic carbocycles. The first-order valence-corrected chi connectivity index (χ1v) is 6.03. The molecule has 0 radical (unpaired) electrons. The van der Waals surface area contributed by atoms with E-state index in [4.69, 9.17) is 15.2 Å². The molecule has 0 aromatic rings. The Labute approximate surface area is 103 Å². The largest absolute Gasteiger partial charge is 0.385 e. The van der Waals surface area contributed by atoms with Crippen LogP contribution in [0.5, 0.6) is 0 Å². The molecule has 1 unspecified atom stereocenters. The Hall–Kier alpha value is -0.650. The summed E-state index contributed by atoms with van der Waals surface area (Å²) >= 11 is 0. The predicted octanol–water partition coefficient (Wildman–Crippen LogP) is 0.283. The Kier molecular flexibility index (Phi) is 4.91. The zero-order chi connectivity index (χ0) is 12.9. The second-order valence-corrected chi connectivity index (χ2v) is 5.55. The number of carbonyl (C=O) groups is 1. The van der Waals surface area contributed by atoms with Gasteiger partial charge in [-0.1, -0.05) is 13.8 Å². The predicted molar refractivity (Wildman–Crippen MR) is 65.6 cm³/mol. The molecule has 0 aromatic carbocycles. The summed E-state index contributed by atoms with van der Waals surface area (Å²) in [5, 5.41) is 2.91. The van der Waals surface area contributed by atoms with Crippen molar-refractivity contribution in [2.75, 3.05) is 33.5 Å². The smallest absolute Gasteiger partial charge is 0.242 e. The highest BCUT2D eigenvalue weighted by Gasteiger charge is 2.38. The molecule has 0 aromatic heterocycles. The molecule has 0 spiro atoms. The third kappa shape index (κ3) is 4.26. The summed E-state index contributed by atoms with van der Waals surface area (Å²) in [4.78, 5) is 11.9. The van der Waals surface area contributed by atoms with E-state index in [2.05, 4.69) is 19.2 Å². The molecule has 5 heteroatoms. The van der Waals surface area contributed by atoms with E-state index in [0.717, 1.165) is 6.42 Å². The van der Waals surface area contributed by atoms with Crippen LogP contribution in [0.2, 0.25) is 0 Å². The van der Waals surface area contributed by atoms with Crippen LogP contribution in [0.4, 0.5) is 0 Å². The lowest BCUT2D eigenvalue weighted by atomic mass is 9.89. The molecule has 3 N–H and O–H groups in total. The van der Waals surface area contributed by atoms with E-state index < -0.39 is 5.54 Å². The van der Waals surface area contributed by atoms with E-state index in [1.54, 1.807) is 7.11 Å². The van der Waals surface area contributed by atoms with E-state index in [-0.39, 0.29) is 11.3 Å². The molecule has 0 bridgehead atoms. The maximum absolute atomic E-state index is 11.9. The SMILES string of the molecule is COCCC(C)(C)CNC(=O)C1(N)CCOC1. The second-order valence-electron chi connectivity index (χ2n) is 5.55. The average Bonchev–Trinajstić information content (AvgIpc) is 2.72. The highest BCUT2D eigenvalue weighted by Crippen LogP contribution is 2.20. The molecular formula is C12H24N2O3.